The molecule has 0 spiro atoms. The highest BCUT2D eigenvalue weighted by Gasteiger charge is 2.29. The summed E-state index contributed by atoms with van der Waals surface area (Å²) in [5, 5.41) is 12.4. The first-order chi connectivity index (χ1) is 9.65. The highest BCUT2D eigenvalue weighted by molar-refractivity contribution is 6.30. The van der Waals surface area contributed by atoms with Gasteiger partial charge in [-0.25, -0.2) is 4.79 Å². The fourth-order valence-electron chi connectivity index (χ4n) is 1.76. The van der Waals surface area contributed by atoms with E-state index in [1.807, 2.05) is 0 Å². The van der Waals surface area contributed by atoms with E-state index in [0.717, 1.165) is 0 Å². The van der Waals surface area contributed by atoms with E-state index >= 15 is 0 Å². The summed E-state index contributed by atoms with van der Waals surface area (Å²) in [7, 11) is 1.51. The molecule has 0 saturated carbocycles. The number of likely N-dealkylation sites (N-methyl/N-ethyl adjacent to an activating group) is 1. The molecule has 0 heterocycles. The Morgan fingerprint density at radius 2 is 2.10 bits per heavy atom. The minimum atomic E-state index is -0.774. The molecule has 1 aromatic rings. The molecule has 0 aliphatic rings. The fourth-order valence-corrected chi connectivity index (χ4v) is 1.96. The van der Waals surface area contributed by atoms with Crippen molar-refractivity contribution in [1.82, 2.24) is 4.90 Å². The number of oxime groups is 1. The molecule has 3 N–H and O–H groups in total. The zero-order valence-corrected chi connectivity index (χ0v) is 13.3. The standard InChI is InChI=1S/C14H20ClN3O3/c1-14(2,3)21-13(19)18(4)11(12(16)17-20)9-6-5-7-10(15)8-9/h5-8,11,20H,1-4H3,(H2,16,17)/t11-/m1/s1. The minimum Gasteiger partial charge on any atom is -0.444 e. The average Bonchev–Trinajstić information content (AvgIpc) is 2.36. The highest BCUT2D eigenvalue weighted by atomic mass is 35.5. The van der Waals surface area contributed by atoms with Crippen molar-refractivity contribution in [3.63, 3.8) is 0 Å². The Bertz CT molecular complexity index is 541. The molecule has 0 fully saturated rings. The van der Waals surface area contributed by atoms with Crippen molar-refractivity contribution in [2.45, 2.75) is 32.4 Å². The van der Waals surface area contributed by atoms with Crippen molar-refractivity contribution in [1.29, 1.82) is 0 Å². The van der Waals surface area contributed by atoms with E-state index < -0.39 is 17.7 Å². The molecular weight excluding hydrogens is 294 g/mol. The van der Waals surface area contributed by atoms with Crippen molar-refractivity contribution < 1.29 is 14.7 Å². The summed E-state index contributed by atoms with van der Waals surface area (Å²) in [6, 6.07) is 6.02. The van der Waals surface area contributed by atoms with E-state index in [9.17, 15) is 4.79 Å². The molecule has 116 valence electrons. The highest BCUT2D eigenvalue weighted by Crippen LogP contribution is 2.24. The van der Waals surface area contributed by atoms with Crippen molar-refractivity contribution in [3.8, 4) is 0 Å². The van der Waals surface area contributed by atoms with Crippen LogP contribution in [-0.2, 0) is 4.74 Å². The lowest BCUT2D eigenvalue weighted by atomic mass is 10.1. The van der Waals surface area contributed by atoms with Crippen LogP contribution in [0.4, 0.5) is 4.79 Å². The fraction of sp³-hybridized carbons (Fsp3) is 0.429. The quantitative estimate of drug-likeness (QED) is 0.388. The number of amidine groups is 1. The zero-order chi connectivity index (χ0) is 16.2. The van der Waals surface area contributed by atoms with Gasteiger partial charge in [-0.05, 0) is 38.5 Å². The molecule has 0 radical (unpaired) electrons. The third-order valence-electron chi connectivity index (χ3n) is 2.63. The van der Waals surface area contributed by atoms with Crippen molar-refractivity contribution >= 4 is 23.5 Å². The number of carbonyl (C=O) groups is 1. The summed E-state index contributed by atoms with van der Waals surface area (Å²) >= 11 is 5.95. The van der Waals surface area contributed by atoms with E-state index in [0.29, 0.717) is 10.6 Å². The number of nitrogens with two attached hydrogens (primary N) is 1. The monoisotopic (exact) mass is 313 g/mol. The molecule has 1 amide bonds. The summed E-state index contributed by atoms with van der Waals surface area (Å²) in [4.78, 5) is 13.4. The number of nitrogens with zero attached hydrogens (tertiary/aromatic N) is 2. The first-order valence-electron chi connectivity index (χ1n) is 6.34. The lowest BCUT2D eigenvalue weighted by molar-refractivity contribution is 0.0263. The van der Waals surface area contributed by atoms with E-state index in [1.54, 1.807) is 45.0 Å². The summed E-state index contributed by atoms with van der Waals surface area (Å²) < 4.78 is 5.29. The van der Waals surface area contributed by atoms with Gasteiger partial charge in [0.2, 0.25) is 0 Å². The van der Waals surface area contributed by atoms with Crippen LogP contribution in [0.5, 0.6) is 0 Å². The largest absolute Gasteiger partial charge is 0.444 e. The maximum atomic E-state index is 12.2. The topological polar surface area (TPSA) is 88.2 Å². The number of benzene rings is 1. The van der Waals surface area contributed by atoms with E-state index in [-0.39, 0.29) is 5.84 Å². The SMILES string of the molecule is CN(C(=O)OC(C)(C)C)[C@@H](C(N)=NO)c1cccc(Cl)c1. The van der Waals surface area contributed by atoms with Crippen LogP contribution in [0.2, 0.25) is 5.02 Å². The number of hydrogen-bond donors (Lipinski definition) is 2. The normalized spacial score (nSPS) is 13.7. The van der Waals surface area contributed by atoms with Crippen LogP contribution in [0.15, 0.2) is 29.4 Å². The second kappa shape index (κ2) is 6.67. The van der Waals surface area contributed by atoms with Gasteiger partial charge >= 0.3 is 6.09 Å². The Morgan fingerprint density at radius 3 is 2.57 bits per heavy atom. The van der Waals surface area contributed by atoms with Gasteiger partial charge in [-0.1, -0.05) is 28.9 Å². The first kappa shape index (κ1) is 17.1. The van der Waals surface area contributed by atoms with Crippen LogP contribution in [-0.4, -0.2) is 34.7 Å². The maximum absolute atomic E-state index is 12.2. The molecule has 6 nitrogen and oxygen atoms in total. The Balaban J connectivity index is 3.12. The first-order valence-corrected chi connectivity index (χ1v) is 6.72. The van der Waals surface area contributed by atoms with Gasteiger partial charge in [-0.3, -0.25) is 4.90 Å². The second-order valence-corrected chi connectivity index (χ2v) is 6.01. The zero-order valence-electron chi connectivity index (χ0n) is 12.5. The van der Waals surface area contributed by atoms with Crippen LogP contribution in [0, 0.1) is 0 Å². The summed E-state index contributed by atoms with van der Waals surface area (Å²) in [5.74, 6) is -0.134. The third kappa shape index (κ3) is 4.82. The Kier molecular flexibility index (Phi) is 5.43. The van der Waals surface area contributed by atoms with Crippen LogP contribution < -0.4 is 5.73 Å². The van der Waals surface area contributed by atoms with Crippen LogP contribution in [0.25, 0.3) is 0 Å². The number of amides is 1. The van der Waals surface area contributed by atoms with Gasteiger partial charge in [-0.2, -0.15) is 0 Å². The molecule has 0 saturated heterocycles. The predicted octanol–water partition coefficient (Wildman–Crippen LogP) is 2.99. The number of carbonyl (C=O) groups excluding carboxylic acids is 1. The summed E-state index contributed by atoms with van der Waals surface area (Å²) in [6.45, 7) is 5.28. The molecule has 21 heavy (non-hydrogen) atoms. The van der Waals surface area contributed by atoms with Gasteiger partial charge in [0.15, 0.2) is 5.84 Å². The molecule has 7 heteroatoms. The van der Waals surface area contributed by atoms with Crippen molar-refractivity contribution in [2.75, 3.05) is 7.05 Å². The van der Waals surface area contributed by atoms with Gasteiger partial charge in [0.25, 0.3) is 0 Å². The number of rotatable bonds is 3. The van der Waals surface area contributed by atoms with Crippen LogP contribution >= 0.6 is 11.6 Å². The maximum Gasteiger partial charge on any atom is 0.410 e. The van der Waals surface area contributed by atoms with Gasteiger partial charge < -0.3 is 15.7 Å². The molecule has 0 aromatic heterocycles. The Morgan fingerprint density at radius 1 is 1.48 bits per heavy atom. The van der Waals surface area contributed by atoms with Gasteiger partial charge in [-0.15, -0.1) is 0 Å². The molecule has 0 bridgehead atoms. The number of ether oxygens (including phenoxy) is 1. The average molecular weight is 314 g/mol. The van der Waals surface area contributed by atoms with Crippen molar-refractivity contribution in [3.05, 3.63) is 34.9 Å². The van der Waals surface area contributed by atoms with Crippen LogP contribution in [0.1, 0.15) is 32.4 Å². The van der Waals surface area contributed by atoms with E-state index in [1.165, 1.54) is 11.9 Å². The molecule has 0 unspecified atom stereocenters. The summed E-state index contributed by atoms with van der Waals surface area (Å²) in [5.41, 5.74) is 5.68. The van der Waals surface area contributed by atoms with E-state index in [4.69, 9.17) is 27.3 Å². The van der Waals surface area contributed by atoms with Crippen LogP contribution in [0.3, 0.4) is 0 Å². The molecule has 1 aromatic carbocycles. The van der Waals surface area contributed by atoms with Gasteiger partial charge in [0, 0.05) is 12.1 Å². The second-order valence-electron chi connectivity index (χ2n) is 5.57. The van der Waals surface area contributed by atoms with Gasteiger partial charge in [0.1, 0.15) is 11.6 Å². The molecule has 1 atom stereocenters. The smallest absolute Gasteiger partial charge is 0.410 e. The Labute approximate surface area is 129 Å². The lowest BCUT2D eigenvalue weighted by Crippen LogP contribution is -2.42. The number of halogens is 1. The molecule has 1 rings (SSSR count). The number of hydrogen-bond acceptors (Lipinski definition) is 4. The molecular formula is C14H20ClN3O3. The van der Waals surface area contributed by atoms with E-state index in [2.05, 4.69) is 5.16 Å². The minimum absolute atomic E-state index is 0.134. The molecule has 0 aliphatic carbocycles. The lowest BCUT2D eigenvalue weighted by Gasteiger charge is -2.30. The Hall–Kier alpha value is -1.95. The van der Waals surface area contributed by atoms with Gasteiger partial charge in [0.05, 0.1) is 0 Å². The van der Waals surface area contributed by atoms with Crippen molar-refractivity contribution in [2.24, 2.45) is 10.9 Å². The molecule has 0 aliphatic heterocycles. The summed E-state index contributed by atoms with van der Waals surface area (Å²) in [6.07, 6.45) is -0.584. The third-order valence-corrected chi connectivity index (χ3v) is 2.86. The predicted molar refractivity (Wildman–Crippen MR) is 81.6 cm³/mol.